The van der Waals surface area contributed by atoms with Crippen LogP contribution in [0.1, 0.15) is 54.9 Å². The van der Waals surface area contributed by atoms with Crippen LogP contribution in [0.3, 0.4) is 0 Å². The van der Waals surface area contributed by atoms with Crippen molar-refractivity contribution in [2.24, 2.45) is 16.7 Å². The number of carbonyl (C=O) groups is 1. The first-order valence-corrected chi connectivity index (χ1v) is 6.85. The zero-order valence-corrected chi connectivity index (χ0v) is 17.4. The van der Waals surface area contributed by atoms with Gasteiger partial charge in [-0.15, -0.1) is 6.92 Å². The Hall–Kier alpha value is -0.232. The largest absolute Gasteiger partial charge is 2.00 e. The van der Waals surface area contributed by atoms with E-state index in [1.807, 2.05) is 33.8 Å². The number of esters is 1. The second kappa shape index (κ2) is 10.5. The Balaban J connectivity index is -0.000000414. The number of hydrogen-bond donors (Lipinski definition) is 0. The monoisotopic (exact) mass is 452 g/mol. The summed E-state index contributed by atoms with van der Waals surface area (Å²) in [5.41, 5.74) is 0.573. The molecule has 0 saturated heterocycles. The summed E-state index contributed by atoms with van der Waals surface area (Å²) in [4.78, 5) is 11.7. The predicted molar refractivity (Wildman–Crippen MR) is 83.5 cm³/mol. The van der Waals surface area contributed by atoms with Crippen LogP contribution in [0.15, 0.2) is 11.6 Å². The van der Waals surface area contributed by atoms with E-state index in [0.29, 0.717) is 0 Å². The molecule has 3 heteroatoms. The van der Waals surface area contributed by atoms with E-state index in [1.165, 1.54) is 7.11 Å². The van der Waals surface area contributed by atoms with Crippen molar-refractivity contribution in [1.29, 1.82) is 0 Å². The quantitative estimate of drug-likeness (QED) is 0.450. The van der Waals surface area contributed by atoms with Gasteiger partial charge in [-0.25, -0.2) is 18.6 Å². The van der Waals surface area contributed by atoms with E-state index < -0.39 is 5.41 Å². The van der Waals surface area contributed by atoms with Gasteiger partial charge in [-0.05, 0) is 13.3 Å². The maximum Gasteiger partial charge on any atom is 2.00 e. The van der Waals surface area contributed by atoms with Crippen LogP contribution in [0.25, 0.3) is 0 Å². The number of allylic oxidation sites excluding steroid dienone is 2. The molecule has 0 aromatic rings. The molecule has 0 aliphatic rings. The van der Waals surface area contributed by atoms with E-state index in [1.54, 1.807) is 0 Å². The zero-order chi connectivity index (χ0) is 15.9. The average molecular weight is 452 g/mol. The summed E-state index contributed by atoms with van der Waals surface area (Å²) in [6, 6.07) is 0. The minimum Gasteiger partial charge on any atom is -0.469 e. The van der Waals surface area contributed by atoms with E-state index in [-0.39, 0.29) is 38.4 Å². The van der Waals surface area contributed by atoms with Crippen LogP contribution in [0.4, 0.5) is 0 Å². The van der Waals surface area contributed by atoms with Gasteiger partial charge in [-0.2, -0.15) is 5.41 Å². The van der Waals surface area contributed by atoms with Crippen LogP contribution < -0.4 is 0 Å². The van der Waals surface area contributed by atoms with Crippen molar-refractivity contribution >= 4 is 5.97 Å². The first-order valence-electron chi connectivity index (χ1n) is 6.85. The average Bonchev–Trinajstić information content (AvgIpc) is 2.35. The Morgan fingerprint density at radius 2 is 1.70 bits per heavy atom. The van der Waals surface area contributed by atoms with Crippen molar-refractivity contribution in [3.63, 3.8) is 0 Å². The molecule has 2 atom stereocenters. The Kier molecular flexibility index (Phi) is 13.0. The van der Waals surface area contributed by atoms with Gasteiger partial charge in [-0.3, -0.25) is 4.79 Å². The van der Waals surface area contributed by atoms with Gasteiger partial charge in [0.05, 0.1) is 12.5 Å². The van der Waals surface area contributed by atoms with E-state index >= 15 is 0 Å². The minimum atomic E-state index is -0.431. The summed E-state index contributed by atoms with van der Waals surface area (Å²) < 4.78 is 4.86. The van der Waals surface area contributed by atoms with Gasteiger partial charge in [0.25, 0.3) is 0 Å². The van der Waals surface area contributed by atoms with E-state index in [2.05, 4.69) is 34.6 Å². The molecule has 0 rings (SSSR count). The molecular formula is C17H32O2W. The van der Waals surface area contributed by atoms with Crippen LogP contribution >= 0.6 is 0 Å². The van der Waals surface area contributed by atoms with Gasteiger partial charge in [0.15, 0.2) is 0 Å². The van der Waals surface area contributed by atoms with Gasteiger partial charge >= 0.3 is 27.0 Å². The molecule has 0 aromatic heterocycles. The van der Waals surface area contributed by atoms with Gasteiger partial charge < -0.3 is 11.7 Å². The van der Waals surface area contributed by atoms with Crippen LogP contribution in [0.5, 0.6) is 0 Å². The van der Waals surface area contributed by atoms with Crippen LogP contribution in [0.2, 0.25) is 0 Å². The second-order valence-electron chi connectivity index (χ2n) is 6.11. The van der Waals surface area contributed by atoms with Crippen molar-refractivity contribution in [2.45, 2.75) is 54.9 Å². The molecule has 0 amide bonds. The fraction of sp³-hybridized carbons (Fsp3) is 0.706. The van der Waals surface area contributed by atoms with Crippen molar-refractivity contribution in [1.82, 2.24) is 0 Å². The van der Waals surface area contributed by atoms with Crippen molar-refractivity contribution in [2.75, 3.05) is 7.11 Å². The Bertz CT molecular complexity index is 299. The molecule has 20 heavy (non-hydrogen) atoms. The van der Waals surface area contributed by atoms with E-state index in [4.69, 9.17) is 4.74 Å². The van der Waals surface area contributed by atoms with Gasteiger partial charge in [0.2, 0.25) is 0 Å². The third kappa shape index (κ3) is 8.14. The minimum absolute atomic E-state index is 0. The summed E-state index contributed by atoms with van der Waals surface area (Å²) in [7, 11) is 1.44. The molecule has 0 N–H and O–H groups in total. The normalized spacial score (nSPS) is 15.9. The summed E-state index contributed by atoms with van der Waals surface area (Å²) in [6.07, 6.45) is 2.75. The SMILES string of the molecule is [CH2-]/C(C)=C/C.[CH2-]C(C)(C)C(C)C(C)(CC)C(=O)OC.[W+2]. The molecule has 118 valence electrons. The van der Waals surface area contributed by atoms with Gasteiger partial charge in [-0.1, -0.05) is 40.5 Å². The Labute approximate surface area is 141 Å². The van der Waals surface area contributed by atoms with Crippen molar-refractivity contribution in [3.8, 4) is 0 Å². The molecule has 0 fully saturated rings. The topological polar surface area (TPSA) is 26.3 Å². The summed E-state index contributed by atoms with van der Waals surface area (Å²) in [5.74, 6) is 0.0525. The molecule has 0 aromatic carbocycles. The molecule has 2 nitrogen and oxygen atoms in total. The fourth-order valence-corrected chi connectivity index (χ4v) is 1.72. The molecule has 0 aliphatic heterocycles. The maximum absolute atomic E-state index is 11.7. The maximum atomic E-state index is 11.7. The van der Waals surface area contributed by atoms with E-state index in [0.717, 1.165) is 12.0 Å². The Morgan fingerprint density at radius 1 is 1.35 bits per heavy atom. The molecule has 0 bridgehead atoms. The van der Waals surface area contributed by atoms with Crippen LogP contribution in [0, 0.1) is 30.6 Å². The number of ether oxygens (including phenoxy) is 1. The molecule has 0 aliphatic carbocycles. The molecule has 0 spiro atoms. The third-order valence-electron chi connectivity index (χ3n) is 4.01. The number of hydrogen-bond acceptors (Lipinski definition) is 2. The number of rotatable bonds is 4. The molecule has 0 radical (unpaired) electrons. The second-order valence-corrected chi connectivity index (χ2v) is 6.11. The van der Waals surface area contributed by atoms with Gasteiger partial charge in [0, 0.05) is 0 Å². The molecule has 0 heterocycles. The van der Waals surface area contributed by atoms with Crippen LogP contribution in [-0.2, 0) is 30.6 Å². The Morgan fingerprint density at radius 3 is 1.85 bits per heavy atom. The first-order chi connectivity index (χ1) is 8.47. The van der Waals surface area contributed by atoms with Crippen molar-refractivity contribution in [3.05, 3.63) is 25.5 Å². The zero-order valence-electron chi connectivity index (χ0n) is 14.5. The molecular weight excluding hydrogens is 420 g/mol. The fourth-order valence-electron chi connectivity index (χ4n) is 1.72. The smallest absolute Gasteiger partial charge is 0.469 e. The first kappa shape index (κ1) is 24.8. The van der Waals surface area contributed by atoms with Gasteiger partial charge in [0.1, 0.15) is 0 Å². The summed E-state index contributed by atoms with van der Waals surface area (Å²) >= 11 is 0. The summed E-state index contributed by atoms with van der Waals surface area (Å²) in [6.45, 7) is 21.8. The third-order valence-corrected chi connectivity index (χ3v) is 4.01. The molecule has 0 saturated carbocycles. The standard InChI is InChI=1S/C12H23O2.C5H9.W/c1-8-12(6,10(13)14-7)9(2)11(3,4)5;1-4-5(2)3;/h9H,3,8H2,1-2,4-7H3;4H,2H2,1,3H3;/q2*-1;+2/b;5-4-;. The predicted octanol–water partition coefficient (Wildman–Crippen LogP) is 4.86. The number of carbonyl (C=O) groups excluding carboxylic acids is 1. The summed E-state index contributed by atoms with van der Waals surface area (Å²) in [5, 5.41) is 0. The number of methoxy groups -OCH3 is 1. The van der Waals surface area contributed by atoms with E-state index in [9.17, 15) is 4.79 Å². The van der Waals surface area contributed by atoms with Crippen molar-refractivity contribution < 1.29 is 30.6 Å². The van der Waals surface area contributed by atoms with Crippen LogP contribution in [-0.4, -0.2) is 13.1 Å². The molecule has 2 unspecified atom stereocenters.